The highest BCUT2D eigenvalue weighted by Crippen LogP contribution is 2.31. The van der Waals surface area contributed by atoms with Crippen molar-refractivity contribution in [2.24, 2.45) is 0 Å². The third kappa shape index (κ3) is 4.98. The normalized spacial score (nSPS) is 16.7. The van der Waals surface area contributed by atoms with E-state index in [2.05, 4.69) is 4.98 Å². The minimum absolute atomic E-state index is 0.00320. The van der Waals surface area contributed by atoms with Crippen LogP contribution < -0.4 is 0 Å². The summed E-state index contributed by atoms with van der Waals surface area (Å²) in [4.78, 5) is 4.80. The highest BCUT2D eigenvalue weighted by Gasteiger charge is 2.25. The lowest BCUT2D eigenvalue weighted by Gasteiger charge is -2.18. The molecule has 1 saturated heterocycles. The molecule has 1 aromatic heterocycles. The summed E-state index contributed by atoms with van der Waals surface area (Å²) in [6, 6.07) is 6.79. The minimum atomic E-state index is -3.65. The van der Waals surface area contributed by atoms with Gasteiger partial charge in [-0.15, -0.1) is 0 Å². The van der Waals surface area contributed by atoms with Gasteiger partial charge in [-0.2, -0.15) is 4.31 Å². The molecule has 34 heavy (non-hydrogen) atoms. The van der Waals surface area contributed by atoms with Crippen molar-refractivity contribution in [2.75, 3.05) is 19.7 Å². The number of benzene rings is 2. The van der Waals surface area contributed by atoms with E-state index in [1.165, 1.54) is 16.1 Å². The Morgan fingerprint density at radius 2 is 1.85 bits per heavy atom. The summed E-state index contributed by atoms with van der Waals surface area (Å²) >= 11 is 1.24. The first-order valence-electron chi connectivity index (χ1n) is 11.1. The first kappa shape index (κ1) is 25.0. The van der Waals surface area contributed by atoms with Crippen LogP contribution in [0.4, 0.5) is 13.2 Å². The largest absolute Gasteiger partial charge is 0.376 e. The molecule has 1 aliphatic heterocycles. The second-order valence-electron chi connectivity index (χ2n) is 8.04. The first-order chi connectivity index (χ1) is 16.2. The number of imidazole rings is 1. The molecule has 0 saturated carbocycles. The summed E-state index contributed by atoms with van der Waals surface area (Å²) in [5.41, 5.74) is 1.53. The molecule has 0 amide bonds. The van der Waals surface area contributed by atoms with E-state index in [4.69, 9.17) is 4.74 Å². The van der Waals surface area contributed by atoms with Gasteiger partial charge in [0.1, 0.15) is 0 Å². The maximum atomic E-state index is 13.6. The van der Waals surface area contributed by atoms with Gasteiger partial charge >= 0.3 is 0 Å². The van der Waals surface area contributed by atoms with Crippen molar-refractivity contribution in [3.8, 4) is 0 Å². The van der Waals surface area contributed by atoms with Crippen molar-refractivity contribution in [2.45, 2.75) is 55.1 Å². The van der Waals surface area contributed by atoms with Crippen molar-refractivity contribution in [3.05, 3.63) is 53.3 Å². The van der Waals surface area contributed by atoms with Crippen molar-refractivity contribution in [1.82, 2.24) is 13.9 Å². The zero-order chi connectivity index (χ0) is 24.5. The Morgan fingerprint density at radius 3 is 2.47 bits per heavy atom. The zero-order valence-corrected chi connectivity index (χ0v) is 20.6. The molecule has 0 bridgehead atoms. The van der Waals surface area contributed by atoms with Crippen LogP contribution in [-0.4, -0.2) is 48.1 Å². The fourth-order valence-corrected chi connectivity index (χ4v) is 6.51. The number of sulfonamides is 1. The highest BCUT2D eigenvalue weighted by atomic mass is 32.2. The molecular weight excluding hydrogens is 487 g/mol. The van der Waals surface area contributed by atoms with E-state index in [1.807, 2.05) is 4.57 Å². The fourth-order valence-electron chi connectivity index (χ4n) is 4.08. The van der Waals surface area contributed by atoms with E-state index in [0.29, 0.717) is 36.9 Å². The highest BCUT2D eigenvalue weighted by molar-refractivity contribution is 7.98. The number of hydrogen-bond donors (Lipinski definition) is 0. The van der Waals surface area contributed by atoms with E-state index in [0.717, 1.165) is 30.5 Å². The molecule has 2 heterocycles. The SMILES string of the molecule is CCN(CC)S(=O)(=O)c1ccc2c(c1)nc(SCc1cc(F)c(F)c(F)c1)n2C[C@H]1CCCO1. The van der Waals surface area contributed by atoms with Crippen LogP contribution in [0, 0.1) is 17.5 Å². The molecule has 11 heteroatoms. The van der Waals surface area contributed by atoms with Gasteiger partial charge in [-0.05, 0) is 48.7 Å². The van der Waals surface area contributed by atoms with Gasteiger partial charge in [-0.1, -0.05) is 25.6 Å². The van der Waals surface area contributed by atoms with Crippen LogP contribution in [0.25, 0.3) is 11.0 Å². The molecule has 1 fully saturated rings. The van der Waals surface area contributed by atoms with Crippen molar-refractivity contribution >= 4 is 32.8 Å². The Bertz CT molecular complexity index is 1260. The summed E-state index contributed by atoms with van der Waals surface area (Å²) in [7, 11) is -3.65. The standard InChI is InChI=1S/C23H26F3N3O3S2/c1-3-28(4-2)34(30,31)17-7-8-21-20(12-17)27-23(29(21)13-16-6-5-9-32-16)33-14-15-10-18(24)22(26)19(25)11-15/h7-8,10-12,16H,3-6,9,13-14H2,1-2H3/t16-/m1/s1. The van der Waals surface area contributed by atoms with Gasteiger partial charge in [-0.3, -0.25) is 0 Å². The Morgan fingerprint density at radius 1 is 1.15 bits per heavy atom. The van der Waals surface area contributed by atoms with Crippen LogP contribution in [0.1, 0.15) is 32.3 Å². The number of thioether (sulfide) groups is 1. The van der Waals surface area contributed by atoms with Crippen LogP contribution in [0.3, 0.4) is 0 Å². The minimum Gasteiger partial charge on any atom is -0.376 e. The van der Waals surface area contributed by atoms with Crippen LogP contribution in [0.15, 0.2) is 40.4 Å². The van der Waals surface area contributed by atoms with Crippen molar-refractivity contribution in [1.29, 1.82) is 0 Å². The molecular formula is C23H26F3N3O3S2. The predicted molar refractivity (Wildman–Crippen MR) is 125 cm³/mol. The monoisotopic (exact) mass is 513 g/mol. The Kier molecular flexibility index (Phi) is 7.56. The Labute approximate surface area is 201 Å². The second kappa shape index (κ2) is 10.3. The third-order valence-electron chi connectivity index (χ3n) is 5.85. The van der Waals surface area contributed by atoms with Crippen LogP contribution in [0.5, 0.6) is 0 Å². The Balaban J connectivity index is 1.70. The van der Waals surface area contributed by atoms with Gasteiger partial charge in [0, 0.05) is 25.4 Å². The van der Waals surface area contributed by atoms with E-state index in [1.54, 1.807) is 32.0 Å². The van der Waals surface area contributed by atoms with E-state index >= 15 is 0 Å². The fraction of sp³-hybridized carbons (Fsp3) is 0.435. The molecule has 1 atom stereocenters. The summed E-state index contributed by atoms with van der Waals surface area (Å²) in [5, 5.41) is 0.563. The Hall–Kier alpha value is -2.08. The lowest BCUT2D eigenvalue weighted by atomic mass is 10.2. The van der Waals surface area contributed by atoms with Gasteiger partial charge < -0.3 is 9.30 Å². The van der Waals surface area contributed by atoms with Crippen LogP contribution in [0.2, 0.25) is 0 Å². The van der Waals surface area contributed by atoms with Gasteiger partial charge in [0.15, 0.2) is 22.6 Å². The molecule has 6 nitrogen and oxygen atoms in total. The summed E-state index contributed by atoms with van der Waals surface area (Å²) in [6.45, 7) is 5.48. The maximum absolute atomic E-state index is 13.6. The van der Waals surface area contributed by atoms with Gasteiger partial charge in [0.05, 0.1) is 28.6 Å². The number of aromatic nitrogens is 2. The molecule has 184 valence electrons. The molecule has 0 N–H and O–H groups in total. The average Bonchev–Trinajstić information content (AvgIpc) is 3.44. The maximum Gasteiger partial charge on any atom is 0.243 e. The van der Waals surface area contributed by atoms with Crippen LogP contribution in [-0.2, 0) is 27.1 Å². The topological polar surface area (TPSA) is 64.4 Å². The number of ether oxygens (including phenoxy) is 1. The molecule has 0 aliphatic carbocycles. The van der Waals surface area contributed by atoms with Gasteiger partial charge in [0.25, 0.3) is 0 Å². The number of rotatable bonds is 9. The first-order valence-corrected chi connectivity index (χ1v) is 13.5. The molecule has 4 rings (SSSR count). The quantitative estimate of drug-likeness (QED) is 0.299. The molecule has 0 spiro atoms. The van der Waals surface area contributed by atoms with Gasteiger partial charge in [-0.25, -0.2) is 26.6 Å². The lowest BCUT2D eigenvalue weighted by Crippen LogP contribution is -2.30. The summed E-state index contributed by atoms with van der Waals surface area (Å²) in [6.07, 6.45) is 1.85. The van der Waals surface area contributed by atoms with Crippen molar-refractivity contribution in [3.63, 3.8) is 0 Å². The number of fused-ring (bicyclic) bond motifs is 1. The van der Waals surface area contributed by atoms with E-state index in [9.17, 15) is 21.6 Å². The van der Waals surface area contributed by atoms with Gasteiger partial charge in [0.2, 0.25) is 10.0 Å². The van der Waals surface area contributed by atoms with Crippen molar-refractivity contribution < 1.29 is 26.3 Å². The average molecular weight is 514 g/mol. The zero-order valence-electron chi connectivity index (χ0n) is 18.9. The second-order valence-corrected chi connectivity index (χ2v) is 10.9. The predicted octanol–water partition coefficient (Wildman–Crippen LogP) is 4.96. The number of halogens is 3. The molecule has 2 aromatic carbocycles. The smallest absolute Gasteiger partial charge is 0.243 e. The lowest BCUT2D eigenvalue weighted by molar-refractivity contribution is 0.0960. The van der Waals surface area contributed by atoms with E-state index in [-0.39, 0.29) is 22.3 Å². The molecule has 3 aromatic rings. The summed E-state index contributed by atoms with van der Waals surface area (Å²) in [5.74, 6) is -3.82. The third-order valence-corrected chi connectivity index (χ3v) is 8.94. The number of nitrogens with zero attached hydrogens (tertiary/aromatic N) is 3. The molecule has 0 radical (unpaired) electrons. The van der Waals surface area contributed by atoms with E-state index < -0.39 is 27.5 Å². The molecule has 1 aliphatic rings. The number of hydrogen-bond acceptors (Lipinski definition) is 5. The van der Waals surface area contributed by atoms with Crippen LogP contribution >= 0.6 is 11.8 Å². The summed E-state index contributed by atoms with van der Waals surface area (Å²) < 4.78 is 75.6. The molecule has 0 unspecified atom stereocenters.